The molecule has 1 atom stereocenters. The molecule has 130 valence electrons. The zero-order valence-electron chi connectivity index (χ0n) is 15.0. The number of ether oxygens (including phenoxy) is 1. The molecule has 0 radical (unpaired) electrons. The Balaban J connectivity index is 1.79. The molecule has 1 unspecified atom stereocenters. The second-order valence-electron chi connectivity index (χ2n) is 7.38. The van der Waals surface area contributed by atoms with Crippen molar-refractivity contribution in [3.63, 3.8) is 0 Å². The quantitative estimate of drug-likeness (QED) is 0.758. The Morgan fingerprint density at radius 2 is 1.83 bits per heavy atom. The number of rotatable bonds is 8. The van der Waals surface area contributed by atoms with Crippen molar-refractivity contribution in [2.24, 2.45) is 0 Å². The van der Waals surface area contributed by atoms with Crippen LogP contribution in [-0.4, -0.2) is 29.4 Å². The average Bonchev–Trinajstić information content (AvgIpc) is 2.52. The maximum atomic E-state index is 10.6. The molecule has 0 bridgehead atoms. The third-order valence-corrected chi connectivity index (χ3v) is 4.75. The Hall–Kier alpha value is -1.06. The van der Waals surface area contributed by atoms with Crippen LogP contribution in [0.4, 0.5) is 0 Å². The molecule has 2 N–H and O–H groups in total. The van der Waals surface area contributed by atoms with Crippen molar-refractivity contribution < 1.29 is 9.84 Å². The summed E-state index contributed by atoms with van der Waals surface area (Å²) in [6, 6.07) is 8.71. The number of aryl methyl sites for hydroxylation is 1. The normalized spacial score (nSPS) is 18.8. The SMILES string of the molecule is CC(CCc1ccccc1OC(C)C)NCC1(O)CCCCC1. The Morgan fingerprint density at radius 3 is 2.52 bits per heavy atom. The first-order valence-electron chi connectivity index (χ1n) is 9.19. The van der Waals surface area contributed by atoms with Crippen molar-refractivity contribution in [2.45, 2.75) is 83.5 Å². The van der Waals surface area contributed by atoms with Crippen LogP contribution in [0.5, 0.6) is 5.75 Å². The molecule has 1 fully saturated rings. The molecule has 0 heterocycles. The topological polar surface area (TPSA) is 41.5 Å². The van der Waals surface area contributed by atoms with Crippen LogP contribution in [0.1, 0.15) is 64.9 Å². The Morgan fingerprint density at radius 1 is 1.13 bits per heavy atom. The second kappa shape index (κ2) is 8.70. The lowest BCUT2D eigenvalue weighted by molar-refractivity contribution is 0.00287. The van der Waals surface area contributed by atoms with Crippen LogP contribution in [0, 0.1) is 0 Å². The highest BCUT2D eigenvalue weighted by atomic mass is 16.5. The van der Waals surface area contributed by atoms with Crippen LogP contribution in [-0.2, 0) is 6.42 Å². The minimum absolute atomic E-state index is 0.201. The maximum Gasteiger partial charge on any atom is 0.122 e. The van der Waals surface area contributed by atoms with E-state index in [1.54, 1.807) is 0 Å². The monoisotopic (exact) mass is 319 g/mol. The molecule has 0 aliphatic heterocycles. The largest absolute Gasteiger partial charge is 0.491 e. The fourth-order valence-corrected chi connectivity index (χ4v) is 3.30. The van der Waals surface area contributed by atoms with E-state index < -0.39 is 5.60 Å². The van der Waals surface area contributed by atoms with Gasteiger partial charge in [-0.15, -0.1) is 0 Å². The number of hydrogen-bond acceptors (Lipinski definition) is 3. The molecule has 0 amide bonds. The predicted octanol–water partition coefficient (Wildman–Crippen LogP) is 4.08. The van der Waals surface area contributed by atoms with E-state index in [2.05, 4.69) is 44.3 Å². The van der Waals surface area contributed by atoms with E-state index in [4.69, 9.17) is 4.74 Å². The Bertz CT molecular complexity index is 466. The van der Waals surface area contributed by atoms with Gasteiger partial charge in [-0.05, 0) is 58.1 Å². The van der Waals surface area contributed by atoms with Gasteiger partial charge in [0, 0.05) is 12.6 Å². The first-order chi connectivity index (χ1) is 11.0. The number of para-hydroxylation sites is 1. The minimum atomic E-state index is -0.481. The van der Waals surface area contributed by atoms with Crippen molar-refractivity contribution in [3.8, 4) is 5.75 Å². The molecule has 1 aliphatic rings. The summed E-state index contributed by atoms with van der Waals surface area (Å²) in [6.45, 7) is 7.05. The summed E-state index contributed by atoms with van der Waals surface area (Å²) in [7, 11) is 0. The van der Waals surface area contributed by atoms with Gasteiger partial charge >= 0.3 is 0 Å². The first kappa shape index (κ1) is 18.3. The summed E-state index contributed by atoms with van der Waals surface area (Å²) in [5, 5.41) is 14.1. The summed E-state index contributed by atoms with van der Waals surface area (Å²) in [5.74, 6) is 1.00. The first-order valence-corrected chi connectivity index (χ1v) is 9.19. The summed E-state index contributed by atoms with van der Waals surface area (Å²) in [5.41, 5.74) is 0.789. The van der Waals surface area contributed by atoms with Crippen LogP contribution >= 0.6 is 0 Å². The molecule has 3 nitrogen and oxygen atoms in total. The summed E-state index contributed by atoms with van der Waals surface area (Å²) in [6.07, 6.45) is 7.72. The van der Waals surface area contributed by atoms with Crippen molar-refractivity contribution in [3.05, 3.63) is 29.8 Å². The fourth-order valence-electron chi connectivity index (χ4n) is 3.30. The third kappa shape index (κ3) is 6.15. The molecular weight excluding hydrogens is 286 g/mol. The van der Waals surface area contributed by atoms with Gasteiger partial charge in [0.05, 0.1) is 11.7 Å². The van der Waals surface area contributed by atoms with Gasteiger partial charge in [-0.25, -0.2) is 0 Å². The van der Waals surface area contributed by atoms with E-state index in [1.807, 2.05) is 6.07 Å². The van der Waals surface area contributed by atoms with E-state index >= 15 is 0 Å². The van der Waals surface area contributed by atoms with Gasteiger partial charge in [0.2, 0.25) is 0 Å². The van der Waals surface area contributed by atoms with Crippen LogP contribution in [0.3, 0.4) is 0 Å². The van der Waals surface area contributed by atoms with Gasteiger partial charge in [0.1, 0.15) is 5.75 Å². The number of nitrogens with one attached hydrogen (secondary N) is 1. The highest BCUT2D eigenvalue weighted by Crippen LogP contribution is 2.27. The Kier molecular flexibility index (Phi) is 6.91. The zero-order valence-corrected chi connectivity index (χ0v) is 15.0. The van der Waals surface area contributed by atoms with E-state index in [0.29, 0.717) is 6.04 Å². The summed E-state index contributed by atoms with van der Waals surface area (Å²) >= 11 is 0. The molecule has 1 aliphatic carbocycles. The highest BCUT2D eigenvalue weighted by molar-refractivity contribution is 5.33. The van der Waals surface area contributed by atoms with Crippen molar-refractivity contribution in [1.82, 2.24) is 5.32 Å². The van der Waals surface area contributed by atoms with Crippen LogP contribution in [0.15, 0.2) is 24.3 Å². The zero-order chi connectivity index (χ0) is 16.7. The molecule has 0 saturated heterocycles. The molecule has 1 saturated carbocycles. The second-order valence-corrected chi connectivity index (χ2v) is 7.38. The van der Waals surface area contributed by atoms with Crippen LogP contribution in [0.2, 0.25) is 0 Å². The molecule has 1 aromatic carbocycles. The van der Waals surface area contributed by atoms with Crippen molar-refractivity contribution >= 4 is 0 Å². The van der Waals surface area contributed by atoms with Gasteiger partial charge in [-0.2, -0.15) is 0 Å². The van der Waals surface area contributed by atoms with E-state index in [-0.39, 0.29) is 6.10 Å². The number of benzene rings is 1. The predicted molar refractivity (Wildman–Crippen MR) is 96.0 cm³/mol. The molecular formula is C20H33NO2. The van der Waals surface area contributed by atoms with E-state index in [1.165, 1.54) is 12.0 Å². The highest BCUT2D eigenvalue weighted by Gasteiger charge is 2.29. The summed E-state index contributed by atoms with van der Waals surface area (Å²) in [4.78, 5) is 0. The molecule has 23 heavy (non-hydrogen) atoms. The fraction of sp³-hybridized carbons (Fsp3) is 0.700. The molecule has 1 aromatic rings. The number of hydrogen-bond donors (Lipinski definition) is 2. The Labute approximate surface area is 141 Å². The van der Waals surface area contributed by atoms with Gasteiger partial charge in [-0.1, -0.05) is 37.5 Å². The molecule has 0 spiro atoms. The van der Waals surface area contributed by atoms with Gasteiger partial charge in [0.15, 0.2) is 0 Å². The van der Waals surface area contributed by atoms with Gasteiger partial charge in [0.25, 0.3) is 0 Å². The lowest BCUT2D eigenvalue weighted by atomic mass is 9.84. The van der Waals surface area contributed by atoms with Crippen LogP contribution < -0.4 is 10.1 Å². The third-order valence-electron chi connectivity index (χ3n) is 4.75. The summed E-state index contributed by atoms with van der Waals surface area (Å²) < 4.78 is 5.89. The number of aliphatic hydroxyl groups is 1. The van der Waals surface area contributed by atoms with E-state index in [0.717, 1.165) is 50.8 Å². The van der Waals surface area contributed by atoms with Gasteiger partial charge < -0.3 is 15.2 Å². The van der Waals surface area contributed by atoms with Crippen molar-refractivity contribution in [1.29, 1.82) is 0 Å². The minimum Gasteiger partial charge on any atom is -0.491 e. The lowest BCUT2D eigenvalue weighted by Crippen LogP contribution is -2.45. The molecule has 3 heteroatoms. The van der Waals surface area contributed by atoms with Crippen LogP contribution in [0.25, 0.3) is 0 Å². The molecule has 2 rings (SSSR count). The lowest BCUT2D eigenvalue weighted by Gasteiger charge is -2.33. The average molecular weight is 319 g/mol. The van der Waals surface area contributed by atoms with E-state index in [9.17, 15) is 5.11 Å². The van der Waals surface area contributed by atoms with Gasteiger partial charge in [-0.3, -0.25) is 0 Å². The smallest absolute Gasteiger partial charge is 0.122 e. The molecule has 0 aromatic heterocycles. The maximum absolute atomic E-state index is 10.6. The standard InChI is InChI=1S/C20H33NO2/c1-16(2)23-19-10-6-5-9-18(19)12-11-17(3)21-15-20(22)13-7-4-8-14-20/h5-6,9-10,16-17,21-22H,4,7-8,11-15H2,1-3H3. The van der Waals surface area contributed by atoms with Crippen molar-refractivity contribution in [2.75, 3.05) is 6.54 Å².